The normalized spacial score (nSPS) is 19.0. The third kappa shape index (κ3) is 5.91. The van der Waals surface area contributed by atoms with Crippen molar-refractivity contribution in [3.05, 3.63) is 54.4 Å². The van der Waals surface area contributed by atoms with Gasteiger partial charge in [-0.05, 0) is 42.5 Å². The van der Waals surface area contributed by atoms with Crippen LogP contribution in [0, 0.1) is 5.92 Å². The molecule has 0 aliphatic carbocycles. The summed E-state index contributed by atoms with van der Waals surface area (Å²) in [4.78, 5) is 31.9. The summed E-state index contributed by atoms with van der Waals surface area (Å²) in [5, 5.41) is 3.00. The average Bonchev–Trinajstić information content (AvgIpc) is 2.74. The van der Waals surface area contributed by atoms with Gasteiger partial charge in [-0.1, -0.05) is 44.2 Å². The molecule has 1 aromatic carbocycles. The standard InChI is InChI=1S/C25H33N3O3/c1-18(2)14-23(29)28-12-13-31-25(17-28,24(30)27-19(3)4)15-20-7-9-21(10-8-20)22-6-5-11-26-16-22/h5-11,16,18-19H,12-15,17H2,1-4H3,(H,27,30). The second-order valence-electron chi connectivity index (χ2n) is 9.00. The van der Waals surface area contributed by atoms with Crippen LogP contribution in [0.25, 0.3) is 11.1 Å². The van der Waals surface area contributed by atoms with Crippen LogP contribution in [0.15, 0.2) is 48.8 Å². The van der Waals surface area contributed by atoms with Crippen LogP contribution in [0.5, 0.6) is 0 Å². The second-order valence-corrected chi connectivity index (χ2v) is 9.00. The lowest BCUT2D eigenvalue weighted by molar-refractivity contribution is -0.166. The molecule has 3 rings (SSSR count). The second kappa shape index (κ2) is 10.1. The lowest BCUT2D eigenvalue weighted by atomic mass is 9.90. The van der Waals surface area contributed by atoms with Crippen molar-refractivity contribution in [2.75, 3.05) is 19.7 Å². The van der Waals surface area contributed by atoms with E-state index < -0.39 is 5.60 Å². The first-order valence-electron chi connectivity index (χ1n) is 11.0. The fourth-order valence-electron chi connectivity index (χ4n) is 3.87. The van der Waals surface area contributed by atoms with Gasteiger partial charge < -0.3 is 15.0 Å². The molecule has 6 heteroatoms. The van der Waals surface area contributed by atoms with Crippen LogP contribution in [-0.2, 0) is 20.7 Å². The Balaban J connectivity index is 1.83. The van der Waals surface area contributed by atoms with Crippen LogP contribution in [-0.4, -0.2) is 53.0 Å². The number of ether oxygens (including phenoxy) is 1. The minimum Gasteiger partial charge on any atom is -0.361 e. The van der Waals surface area contributed by atoms with Crippen molar-refractivity contribution in [1.29, 1.82) is 0 Å². The molecule has 2 heterocycles. The SMILES string of the molecule is CC(C)CC(=O)N1CCOC(Cc2ccc(-c3cccnc3)cc2)(C(=O)NC(C)C)C1. The Morgan fingerprint density at radius 1 is 1.13 bits per heavy atom. The van der Waals surface area contributed by atoms with E-state index in [4.69, 9.17) is 4.74 Å². The number of benzene rings is 1. The Bertz CT molecular complexity index is 881. The van der Waals surface area contributed by atoms with Crippen molar-refractivity contribution in [3.63, 3.8) is 0 Å². The van der Waals surface area contributed by atoms with Gasteiger partial charge in [0.25, 0.3) is 5.91 Å². The van der Waals surface area contributed by atoms with E-state index in [9.17, 15) is 9.59 Å². The molecule has 6 nitrogen and oxygen atoms in total. The van der Waals surface area contributed by atoms with Crippen molar-refractivity contribution in [1.82, 2.24) is 15.2 Å². The molecule has 1 saturated heterocycles. The minimum absolute atomic E-state index is 0.0114. The predicted octanol–water partition coefficient (Wildman–Crippen LogP) is 3.46. The molecule has 1 aromatic heterocycles. The monoisotopic (exact) mass is 423 g/mol. The van der Waals surface area contributed by atoms with Gasteiger partial charge >= 0.3 is 0 Å². The lowest BCUT2D eigenvalue weighted by Crippen LogP contribution is -2.62. The van der Waals surface area contributed by atoms with Gasteiger partial charge in [-0.2, -0.15) is 0 Å². The van der Waals surface area contributed by atoms with Crippen LogP contribution in [0.1, 0.15) is 39.7 Å². The maximum atomic E-state index is 13.2. The fraction of sp³-hybridized carbons (Fsp3) is 0.480. The number of amides is 2. The summed E-state index contributed by atoms with van der Waals surface area (Å²) in [6.07, 6.45) is 4.46. The molecule has 166 valence electrons. The van der Waals surface area contributed by atoms with Crippen molar-refractivity contribution in [2.24, 2.45) is 5.92 Å². The molecule has 0 saturated carbocycles. The molecular formula is C25H33N3O3. The van der Waals surface area contributed by atoms with Crippen LogP contribution in [0.4, 0.5) is 0 Å². The molecule has 2 amide bonds. The highest BCUT2D eigenvalue weighted by Gasteiger charge is 2.45. The van der Waals surface area contributed by atoms with Gasteiger partial charge in [0.05, 0.1) is 13.2 Å². The third-order valence-electron chi connectivity index (χ3n) is 5.39. The number of carbonyl (C=O) groups excluding carboxylic acids is 2. The van der Waals surface area contributed by atoms with E-state index in [0.717, 1.165) is 16.7 Å². The number of aromatic nitrogens is 1. The van der Waals surface area contributed by atoms with E-state index >= 15 is 0 Å². The smallest absolute Gasteiger partial charge is 0.254 e. The number of morpholine rings is 1. The van der Waals surface area contributed by atoms with Gasteiger partial charge in [-0.25, -0.2) is 0 Å². The van der Waals surface area contributed by atoms with E-state index in [-0.39, 0.29) is 30.3 Å². The maximum absolute atomic E-state index is 13.2. The highest BCUT2D eigenvalue weighted by molar-refractivity contribution is 5.87. The quantitative estimate of drug-likeness (QED) is 0.740. The zero-order valence-corrected chi connectivity index (χ0v) is 18.9. The van der Waals surface area contributed by atoms with Crippen molar-refractivity contribution in [2.45, 2.75) is 52.2 Å². The molecule has 31 heavy (non-hydrogen) atoms. The first kappa shape index (κ1) is 22.9. The van der Waals surface area contributed by atoms with Crippen molar-refractivity contribution in [3.8, 4) is 11.1 Å². The van der Waals surface area contributed by atoms with Crippen molar-refractivity contribution < 1.29 is 14.3 Å². The van der Waals surface area contributed by atoms with E-state index in [1.54, 1.807) is 11.1 Å². The van der Waals surface area contributed by atoms with Crippen LogP contribution in [0.3, 0.4) is 0 Å². The summed E-state index contributed by atoms with van der Waals surface area (Å²) in [5.74, 6) is 0.182. The zero-order valence-electron chi connectivity index (χ0n) is 18.9. The first-order valence-corrected chi connectivity index (χ1v) is 11.0. The van der Waals surface area contributed by atoms with Gasteiger partial charge in [0.15, 0.2) is 5.60 Å². The fourth-order valence-corrected chi connectivity index (χ4v) is 3.87. The molecule has 1 aliphatic rings. The third-order valence-corrected chi connectivity index (χ3v) is 5.39. The minimum atomic E-state index is -1.09. The first-order chi connectivity index (χ1) is 14.8. The molecule has 0 spiro atoms. The molecule has 2 aromatic rings. The van der Waals surface area contributed by atoms with Crippen LogP contribution < -0.4 is 5.32 Å². The zero-order chi connectivity index (χ0) is 22.4. The average molecular weight is 424 g/mol. The molecule has 0 bridgehead atoms. The summed E-state index contributed by atoms with van der Waals surface area (Å²) in [7, 11) is 0. The number of rotatable bonds is 7. The van der Waals surface area contributed by atoms with Gasteiger partial charge in [-0.15, -0.1) is 0 Å². The molecular weight excluding hydrogens is 390 g/mol. The van der Waals surface area contributed by atoms with Gasteiger partial charge in [0.1, 0.15) is 0 Å². The van der Waals surface area contributed by atoms with Gasteiger partial charge in [0, 0.05) is 37.8 Å². The number of carbonyl (C=O) groups is 2. The van der Waals surface area contributed by atoms with Gasteiger partial charge in [0.2, 0.25) is 5.91 Å². The Morgan fingerprint density at radius 3 is 2.48 bits per heavy atom. The summed E-state index contributed by atoms with van der Waals surface area (Å²) >= 11 is 0. The number of hydrogen-bond donors (Lipinski definition) is 1. The molecule has 1 atom stereocenters. The molecule has 1 unspecified atom stereocenters. The predicted molar refractivity (Wildman–Crippen MR) is 121 cm³/mol. The molecule has 1 aliphatic heterocycles. The van der Waals surface area contributed by atoms with Crippen molar-refractivity contribution >= 4 is 11.8 Å². The number of nitrogens with one attached hydrogen (secondary N) is 1. The highest BCUT2D eigenvalue weighted by atomic mass is 16.5. The molecule has 1 N–H and O–H groups in total. The number of pyridine rings is 1. The Morgan fingerprint density at radius 2 is 1.87 bits per heavy atom. The number of nitrogens with zero attached hydrogens (tertiary/aromatic N) is 2. The molecule has 0 radical (unpaired) electrons. The maximum Gasteiger partial charge on any atom is 0.254 e. The topological polar surface area (TPSA) is 71.5 Å². The van der Waals surface area contributed by atoms with E-state index in [1.165, 1.54) is 0 Å². The van der Waals surface area contributed by atoms with E-state index in [2.05, 4.69) is 10.3 Å². The Hall–Kier alpha value is -2.73. The van der Waals surface area contributed by atoms with Gasteiger partial charge in [-0.3, -0.25) is 14.6 Å². The Kier molecular flexibility index (Phi) is 7.44. The van der Waals surface area contributed by atoms with Crippen LogP contribution in [0.2, 0.25) is 0 Å². The summed E-state index contributed by atoms with van der Waals surface area (Å²) in [6.45, 7) is 9.05. The summed E-state index contributed by atoms with van der Waals surface area (Å²) in [6, 6.07) is 12.0. The Labute approximate surface area is 185 Å². The lowest BCUT2D eigenvalue weighted by Gasteiger charge is -2.42. The van der Waals surface area contributed by atoms with Crippen LogP contribution >= 0.6 is 0 Å². The largest absolute Gasteiger partial charge is 0.361 e. The summed E-state index contributed by atoms with van der Waals surface area (Å²) < 4.78 is 6.12. The summed E-state index contributed by atoms with van der Waals surface area (Å²) in [5.41, 5.74) is 2.01. The molecule has 1 fully saturated rings. The highest BCUT2D eigenvalue weighted by Crippen LogP contribution is 2.27. The van der Waals surface area contributed by atoms with E-state index in [1.807, 2.05) is 70.3 Å². The van der Waals surface area contributed by atoms with E-state index in [0.29, 0.717) is 26.0 Å². The number of hydrogen-bond acceptors (Lipinski definition) is 4.